The SMILES string of the molecule is COc1cccc(-c2noc(CCC(=O)N3c4ccccc4C[C@@H]3C)n2)c1. The summed E-state index contributed by atoms with van der Waals surface area (Å²) in [7, 11) is 1.61. The van der Waals surface area contributed by atoms with Crippen molar-refractivity contribution >= 4 is 11.6 Å². The summed E-state index contributed by atoms with van der Waals surface area (Å²) in [5.41, 5.74) is 3.05. The molecule has 0 radical (unpaired) electrons. The molecule has 138 valence electrons. The van der Waals surface area contributed by atoms with Crippen molar-refractivity contribution in [2.75, 3.05) is 12.0 Å². The third-order valence-corrected chi connectivity index (χ3v) is 4.82. The fourth-order valence-corrected chi connectivity index (χ4v) is 3.52. The molecule has 2 heterocycles. The van der Waals surface area contributed by atoms with Crippen LogP contribution in [0.5, 0.6) is 5.75 Å². The maximum absolute atomic E-state index is 12.8. The molecule has 1 amide bonds. The van der Waals surface area contributed by atoms with Crippen molar-refractivity contribution in [1.82, 2.24) is 10.1 Å². The monoisotopic (exact) mass is 363 g/mol. The van der Waals surface area contributed by atoms with Gasteiger partial charge in [0.05, 0.1) is 7.11 Å². The smallest absolute Gasteiger partial charge is 0.227 e. The van der Waals surface area contributed by atoms with Crippen molar-refractivity contribution in [2.24, 2.45) is 0 Å². The van der Waals surface area contributed by atoms with Crippen LogP contribution >= 0.6 is 0 Å². The molecule has 0 fully saturated rings. The summed E-state index contributed by atoms with van der Waals surface area (Å²) >= 11 is 0. The lowest BCUT2D eigenvalue weighted by Gasteiger charge is -2.22. The van der Waals surface area contributed by atoms with Crippen LogP contribution in [-0.4, -0.2) is 29.2 Å². The molecule has 0 aliphatic carbocycles. The molecule has 0 N–H and O–H groups in total. The van der Waals surface area contributed by atoms with Crippen LogP contribution in [-0.2, 0) is 17.6 Å². The molecular formula is C21H21N3O3. The van der Waals surface area contributed by atoms with Gasteiger partial charge >= 0.3 is 0 Å². The number of ether oxygens (including phenoxy) is 1. The Morgan fingerprint density at radius 2 is 2.11 bits per heavy atom. The largest absolute Gasteiger partial charge is 0.497 e. The molecule has 0 spiro atoms. The number of carbonyl (C=O) groups excluding carboxylic acids is 1. The number of fused-ring (bicyclic) bond motifs is 1. The third-order valence-electron chi connectivity index (χ3n) is 4.82. The van der Waals surface area contributed by atoms with Gasteiger partial charge in [-0.1, -0.05) is 35.5 Å². The Labute approximate surface area is 157 Å². The number of nitrogens with zero attached hydrogens (tertiary/aromatic N) is 3. The Bertz CT molecular complexity index is 967. The van der Waals surface area contributed by atoms with Gasteiger partial charge in [0.2, 0.25) is 17.6 Å². The molecule has 1 aromatic heterocycles. The van der Waals surface area contributed by atoms with Gasteiger partial charge in [-0.3, -0.25) is 4.79 Å². The van der Waals surface area contributed by atoms with Gasteiger partial charge in [0.25, 0.3) is 0 Å². The standard InChI is InChI=1S/C21H21N3O3/c1-14-12-15-6-3-4-9-18(15)24(14)20(25)11-10-19-22-21(23-27-19)16-7-5-8-17(13-16)26-2/h3-9,13-14H,10-12H2,1-2H3/t14-/m0/s1. The van der Waals surface area contributed by atoms with E-state index in [2.05, 4.69) is 23.1 Å². The molecule has 1 atom stereocenters. The van der Waals surface area contributed by atoms with Crippen molar-refractivity contribution < 1.29 is 14.1 Å². The van der Waals surface area contributed by atoms with Crippen LogP contribution in [0, 0.1) is 0 Å². The number of benzene rings is 2. The third kappa shape index (κ3) is 3.43. The number of rotatable bonds is 5. The molecule has 0 bridgehead atoms. The van der Waals surface area contributed by atoms with Crippen LogP contribution in [0.3, 0.4) is 0 Å². The molecule has 0 unspecified atom stereocenters. The zero-order valence-corrected chi connectivity index (χ0v) is 15.4. The normalized spacial score (nSPS) is 15.6. The van der Waals surface area contributed by atoms with Gasteiger partial charge in [0.15, 0.2) is 0 Å². The minimum Gasteiger partial charge on any atom is -0.497 e. The number of methoxy groups -OCH3 is 1. The molecular weight excluding hydrogens is 342 g/mol. The summed E-state index contributed by atoms with van der Waals surface area (Å²) in [5, 5.41) is 4.02. The number of anilines is 1. The number of hydrogen-bond donors (Lipinski definition) is 0. The number of aryl methyl sites for hydroxylation is 1. The fourth-order valence-electron chi connectivity index (χ4n) is 3.52. The quantitative estimate of drug-likeness (QED) is 0.692. The molecule has 4 rings (SSSR count). The lowest BCUT2D eigenvalue weighted by molar-refractivity contribution is -0.118. The first-order chi connectivity index (χ1) is 13.2. The minimum atomic E-state index is 0.0774. The average molecular weight is 363 g/mol. The van der Waals surface area contributed by atoms with Gasteiger partial charge < -0.3 is 14.2 Å². The summed E-state index contributed by atoms with van der Waals surface area (Å²) < 4.78 is 10.6. The predicted octanol–water partition coefficient (Wildman–Crippen LogP) is 3.66. The first-order valence-corrected chi connectivity index (χ1v) is 9.02. The van der Waals surface area contributed by atoms with Crippen LogP contribution in [0.1, 0.15) is 24.8 Å². The van der Waals surface area contributed by atoms with Crippen LogP contribution in [0.15, 0.2) is 53.1 Å². The zero-order valence-electron chi connectivity index (χ0n) is 15.4. The van der Waals surface area contributed by atoms with Crippen molar-refractivity contribution in [3.05, 3.63) is 60.0 Å². The summed E-state index contributed by atoms with van der Waals surface area (Å²) in [6.07, 6.45) is 1.64. The van der Waals surface area contributed by atoms with Gasteiger partial charge in [-0.2, -0.15) is 4.98 Å². The summed E-state index contributed by atoms with van der Waals surface area (Å²) in [6.45, 7) is 2.07. The lowest BCUT2D eigenvalue weighted by atomic mass is 10.1. The minimum absolute atomic E-state index is 0.0774. The number of amides is 1. The maximum atomic E-state index is 12.8. The second-order valence-electron chi connectivity index (χ2n) is 6.69. The second-order valence-corrected chi connectivity index (χ2v) is 6.69. The Hall–Kier alpha value is -3.15. The van der Waals surface area contributed by atoms with Gasteiger partial charge in [-0.25, -0.2) is 0 Å². The van der Waals surface area contributed by atoms with E-state index < -0.39 is 0 Å². The van der Waals surface area contributed by atoms with Crippen molar-refractivity contribution in [2.45, 2.75) is 32.2 Å². The van der Waals surface area contributed by atoms with Crippen molar-refractivity contribution in [3.63, 3.8) is 0 Å². The summed E-state index contributed by atoms with van der Waals surface area (Å²) in [5.74, 6) is 1.77. The van der Waals surface area contributed by atoms with Crippen LogP contribution in [0.4, 0.5) is 5.69 Å². The number of hydrogen-bond acceptors (Lipinski definition) is 5. The van der Waals surface area contributed by atoms with Crippen LogP contribution < -0.4 is 9.64 Å². The Morgan fingerprint density at radius 3 is 2.96 bits per heavy atom. The highest BCUT2D eigenvalue weighted by Gasteiger charge is 2.30. The second kappa shape index (κ2) is 7.23. The summed E-state index contributed by atoms with van der Waals surface area (Å²) in [6, 6.07) is 15.7. The van der Waals surface area contributed by atoms with E-state index in [1.165, 1.54) is 5.56 Å². The molecule has 0 saturated carbocycles. The molecule has 3 aromatic rings. The molecule has 27 heavy (non-hydrogen) atoms. The molecule has 0 saturated heterocycles. The van der Waals surface area contributed by atoms with Crippen LogP contribution in [0.25, 0.3) is 11.4 Å². The highest BCUT2D eigenvalue weighted by Crippen LogP contribution is 2.32. The lowest BCUT2D eigenvalue weighted by Crippen LogP contribution is -2.35. The average Bonchev–Trinajstić information content (AvgIpc) is 3.30. The van der Waals surface area contributed by atoms with Gasteiger partial charge in [-0.05, 0) is 37.1 Å². The van der Waals surface area contributed by atoms with E-state index in [-0.39, 0.29) is 11.9 Å². The molecule has 1 aliphatic rings. The number of aromatic nitrogens is 2. The molecule has 1 aliphatic heterocycles. The molecule has 6 nitrogen and oxygen atoms in total. The number of para-hydroxylation sites is 1. The zero-order chi connectivity index (χ0) is 18.8. The first kappa shape index (κ1) is 17.3. The van der Waals surface area contributed by atoms with E-state index in [1.54, 1.807) is 7.11 Å². The van der Waals surface area contributed by atoms with E-state index in [4.69, 9.17) is 9.26 Å². The van der Waals surface area contributed by atoms with E-state index in [9.17, 15) is 4.79 Å². The highest BCUT2D eigenvalue weighted by atomic mass is 16.5. The van der Waals surface area contributed by atoms with Gasteiger partial charge in [-0.15, -0.1) is 0 Å². The van der Waals surface area contributed by atoms with Gasteiger partial charge in [0, 0.05) is 30.1 Å². The van der Waals surface area contributed by atoms with Gasteiger partial charge in [0.1, 0.15) is 5.75 Å². The first-order valence-electron chi connectivity index (χ1n) is 9.02. The molecule has 6 heteroatoms. The highest BCUT2D eigenvalue weighted by molar-refractivity contribution is 5.96. The van der Waals surface area contributed by atoms with Crippen molar-refractivity contribution in [1.29, 1.82) is 0 Å². The topological polar surface area (TPSA) is 68.5 Å². The van der Waals surface area contributed by atoms with E-state index in [0.717, 1.165) is 23.4 Å². The Balaban J connectivity index is 1.44. The van der Waals surface area contributed by atoms with E-state index in [1.807, 2.05) is 47.4 Å². The number of carbonyl (C=O) groups is 1. The Kier molecular flexibility index (Phi) is 4.62. The fraction of sp³-hybridized carbons (Fsp3) is 0.286. The predicted molar refractivity (Wildman–Crippen MR) is 102 cm³/mol. The molecule has 2 aromatic carbocycles. The Morgan fingerprint density at radius 1 is 1.26 bits per heavy atom. The van der Waals surface area contributed by atoms with Crippen molar-refractivity contribution in [3.8, 4) is 17.1 Å². The van der Waals surface area contributed by atoms with E-state index in [0.29, 0.717) is 24.6 Å². The van der Waals surface area contributed by atoms with E-state index >= 15 is 0 Å². The maximum Gasteiger partial charge on any atom is 0.227 e. The van der Waals surface area contributed by atoms with Crippen LogP contribution in [0.2, 0.25) is 0 Å². The summed E-state index contributed by atoms with van der Waals surface area (Å²) in [4.78, 5) is 19.1.